The normalized spacial score (nSPS) is 10.0. The topological polar surface area (TPSA) is 84.9 Å². The van der Waals surface area contributed by atoms with Gasteiger partial charge < -0.3 is 19.9 Å². The minimum absolute atomic E-state index is 0.213. The number of carbonyl (C=O) groups is 2. The van der Waals surface area contributed by atoms with Crippen LogP contribution >= 0.6 is 0 Å². The lowest BCUT2D eigenvalue weighted by Crippen LogP contribution is -2.09. The van der Waals surface area contributed by atoms with Crippen LogP contribution in [-0.2, 0) is 11.3 Å². The van der Waals surface area contributed by atoms with Gasteiger partial charge in [0.25, 0.3) is 0 Å². The largest absolute Gasteiger partial charge is 0.493 e. The summed E-state index contributed by atoms with van der Waals surface area (Å²) in [6.07, 6.45) is 0. The number of rotatable bonds is 7. The molecule has 0 saturated heterocycles. The Morgan fingerprint density at radius 2 is 1.92 bits per heavy atom. The molecule has 2 N–H and O–H groups in total. The Morgan fingerprint density at radius 3 is 2.56 bits per heavy atom. The second-order valence-corrected chi connectivity index (χ2v) is 5.39. The van der Waals surface area contributed by atoms with E-state index in [1.807, 2.05) is 0 Å². The van der Waals surface area contributed by atoms with Crippen LogP contribution in [0.15, 0.2) is 54.6 Å². The highest BCUT2D eigenvalue weighted by molar-refractivity contribution is 5.89. The molecule has 25 heavy (non-hydrogen) atoms. The van der Waals surface area contributed by atoms with Crippen molar-refractivity contribution in [3.63, 3.8) is 0 Å². The number of anilines is 1. The zero-order valence-corrected chi connectivity index (χ0v) is 14.0. The first-order valence-corrected chi connectivity index (χ1v) is 7.52. The summed E-state index contributed by atoms with van der Waals surface area (Å²) >= 11 is 0. The molecule has 0 aliphatic rings. The molecule has 0 aromatic heterocycles. The van der Waals surface area contributed by atoms with Crippen LogP contribution in [0.25, 0.3) is 0 Å². The highest BCUT2D eigenvalue weighted by Crippen LogP contribution is 2.29. The fourth-order valence-electron chi connectivity index (χ4n) is 2.06. The predicted octanol–water partition coefficient (Wildman–Crippen LogP) is 3.49. The summed E-state index contributed by atoms with van der Waals surface area (Å²) in [5, 5.41) is 12.2. The SMILES string of the molecule is C=C(C)C(=O)Oc1ccc(CNc2cccc(C(=O)O)c2)cc1OC. The summed E-state index contributed by atoms with van der Waals surface area (Å²) < 4.78 is 10.5. The third-order valence-corrected chi connectivity index (χ3v) is 3.39. The van der Waals surface area contributed by atoms with Gasteiger partial charge in [-0.3, -0.25) is 0 Å². The number of methoxy groups -OCH3 is 1. The van der Waals surface area contributed by atoms with Gasteiger partial charge in [-0.15, -0.1) is 0 Å². The standard InChI is InChI=1S/C19H19NO5/c1-12(2)19(23)25-16-8-7-13(9-17(16)24-3)11-20-15-6-4-5-14(10-15)18(21)22/h4-10,20H,1,11H2,2-3H3,(H,21,22). The number of aromatic carboxylic acids is 1. The molecule has 0 spiro atoms. The van der Waals surface area contributed by atoms with E-state index >= 15 is 0 Å². The van der Waals surface area contributed by atoms with Crippen molar-refractivity contribution in [1.29, 1.82) is 0 Å². The van der Waals surface area contributed by atoms with Crippen LogP contribution in [0.3, 0.4) is 0 Å². The van der Waals surface area contributed by atoms with Crippen molar-refractivity contribution >= 4 is 17.6 Å². The third kappa shape index (κ3) is 4.84. The van der Waals surface area contributed by atoms with Gasteiger partial charge in [0, 0.05) is 17.8 Å². The molecule has 6 heteroatoms. The van der Waals surface area contributed by atoms with E-state index in [-0.39, 0.29) is 5.56 Å². The number of nitrogens with one attached hydrogen (secondary N) is 1. The second-order valence-electron chi connectivity index (χ2n) is 5.39. The minimum atomic E-state index is -0.978. The van der Waals surface area contributed by atoms with Gasteiger partial charge in [0.15, 0.2) is 11.5 Å². The summed E-state index contributed by atoms with van der Waals surface area (Å²) in [5.74, 6) is -0.760. The molecule has 2 rings (SSSR count). The van der Waals surface area contributed by atoms with Gasteiger partial charge in [-0.25, -0.2) is 9.59 Å². The zero-order chi connectivity index (χ0) is 18.4. The number of carboxylic acids is 1. The van der Waals surface area contributed by atoms with Crippen molar-refractivity contribution in [2.45, 2.75) is 13.5 Å². The molecular formula is C19H19NO5. The number of hydrogen-bond donors (Lipinski definition) is 2. The highest BCUT2D eigenvalue weighted by atomic mass is 16.6. The van der Waals surface area contributed by atoms with Crippen molar-refractivity contribution in [2.24, 2.45) is 0 Å². The van der Waals surface area contributed by atoms with Crippen LogP contribution in [0.2, 0.25) is 0 Å². The summed E-state index contributed by atoms with van der Waals surface area (Å²) in [6, 6.07) is 11.7. The molecule has 0 bridgehead atoms. The summed E-state index contributed by atoms with van der Waals surface area (Å²) in [6.45, 7) is 5.56. The summed E-state index contributed by atoms with van der Waals surface area (Å²) in [4.78, 5) is 22.6. The van der Waals surface area contributed by atoms with Crippen molar-refractivity contribution < 1.29 is 24.2 Å². The van der Waals surface area contributed by atoms with Crippen molar-refractivity contribution in [1.82, 2.24) is 0 Å². The predicted molar refractivity (Wildman–Crippen MR) is 94.2 cm³/mol. The molecule has 0 amide bonds. The molecule has 0 unspecified atom stereocenters. The summed E-state index contributed by atoms with van der Waals surface area (Å²) in [5.41, 5.74) is 2.08. The Balaban J connectivity index is 2.10. The molecule has 0 aliphatic heterocycles. The van der Waals surface area contributed by atoms with Crippen molar-refractivity contribution in [3.8, 4) is 11.5 Å². The Kier molecular flexibility index (Phi) is 5.79. The number of esters is 1. The molecular weight excluding hydrogens is 322 g/mol. The molecule has 6 nitrogen and oxygen atoms in total. The third-order valence-electron chi connectivity index (χ3n) is 3.39. The fourth-order valence-corrected chi connectivity index (χ4v) is 2.06. The Hall–Kier alpha value is -3.28. The van der Waals surface area contributed by atoms with Crippen LogP contribution in [0, 0.1) is 0 Å². The Labute approximate surface area is 145 Å². The van der Waals surface area contributed by atoms with Gasteiger partial charge >= 0.3 is 11.9 Å². The average molecular weight is 341 g/mol. The summed E-state index contributed by atoms with van der Waals surface area (Å²) in [7, 11) is 1.49. The van der Waals surface area contributed by atoms with Crippen LogP contribution in [0.4, 0.5) is 5.69 Å². The maximum Gasteiger partial charge on any atom is 0.338 e. The van der Waals surface area contributed by atoms with E-state index in [1.165, 1.54) is 13.2 Å². The Morgan fingerprint density at radius 1 is 1.16 bits per heavy atom. The van der Waals surface area contributed by atoms with E-state index in [2.05, 4.69) is 11.9 Å². The lowest BCUT2D eigenvalue weighted by Gasteiger charge is -2.12. The monoisotopic (exact) mass is 341 g/mol. The van der Waals surface area contributed by atoms with E-state index in [4.69, 9.17) is 14.6 Å². The van der Waals surface area contributed by atoms with E-state index in [0.29, 0.717) is 29.3 Å². The number of hydrogen-bond acceptors (Lipinski definition) is 5. The zero-order valence-electron chi connectivity index (χ0n) is 14.0. The van der Waals surface area contributed by atoms with Crippen LogP contribution in [-0.4, -0.2) is 24.2 Å². The van der Waals surface area contributed by atoms with E-state index < -0.39 is 11.9 Å². The molecule has 130 valence electrons. The maximum atomic E-state index is 11.6. The van der Waals surface area contributed by atoms with Gasteiger partial charge in [-0.1, -0.05) is 18.7 Å². The number of benzene rings is 2. The van der Waals surface area contributed by atoms with E-state index in [9.17, 15) is 9.59 Å². The van der Waals surface area contributed by atoms with Crippen molar-refractivity contribution in [3.05, 3.63) is 65.7 Å². The molecule has 0 saturated carbocycles. The fraction of sp³-hybridized carbons (Fsp3) is 0.158. The lowest BCUT2D eigenvalue weighted by molar-refractivity contribution is -0.130. The van der Waals surface area contributed by atoms with Gasteiger partial charge in [0.1, 0.15) is 0 Å². The van der Waals surface area contributed by atoms with Gasteiger partial charge in [-0.05, 0) is 42.8 Å². The molecule has 2 aromatic carbocycles. The minimum Gasteiger partial charge on any atom is -0.493 e. The first-order valence-electron chi connectivity index (χ1n) is 7.52. The molecule has 2 aromatic rings. The van der Waals surface area contributed by atoms with Crippen molar-refractivity contribution in [2.75, 3.05) is 12.4 Å². The van der Waals surface area contributed by atoms with E-state index in [0.717, 1.165) is 5.56 Å². The number of ether oxygens (including phenoxy) is 2. The number of carboxylic acid groups (broad SMARTS) is 1. The maximum absolute atomic E-state index is 11.6. The van der Waals surface area contributed by atoms with Crippen LogP contribution < -0.4 is 14.8 Å². The van der Waals surface area contributed by atoms with Crippen LogP contribution in [0.1, 0.15) is 22.8 Å². The van der Waals surface area contributed by atoms with Gasteiger partial charge in [0.05, 0.1) is 12.7 Å². The van der Waals surface area contributed by atoms with Crippen LogP contribution in [0.5, 0.6) is 11.5 Å². The first kappa shape index (κ1) is 18.1. The number of carbonyl (C=O) groups excluding carboxylic acids is 1. The smallest absolute Gasteiger partial charge is 0.338 e. The molecule has 0 aliphatic carbocycles. The molecule has 0 radical (unpaired) electrons. The molecule has 0 heterocycles. The average Bonchev–Trinajstić information content (AvgIpc) is 2.60. The van der Waals surface area contributed by atoms with Gasteiger partial charge in [-0.2, -0.15) is 0 Å². The lowest BCUT2D eigenvalue weighted by atomic mass is 10.1. The van der Waals surface area contributed by atoms with Gasteiger partial charge in [0.2, 0.25) is 0 Å². The van der Waals surface area contributed by atoms with E-state index in [1.54, 1.807) is 43.3 Å². The second kappa shape index (κ2) is 8.01. The molecule has 0 fully saturated rings. The highest BCUT2D eigenvalue weighted by Gasteiger charge is 2.11. The molecule has 0 atom stereocenters. The quantitative estimate of drug-likeness (QED) is 0.456. The first-order chi connectivity index (χ1) is 11.9. The Bertz CT molecular complexity index is 813.